The van der Waals surface area contributed by atoms with Crippen molar-refractivity contribution in [1.82, 2.24) is 0 Å². The van der Waals surface area contributed by atoms with Crippen molar-refractivity contribution in [2.45, 2.75) is 23.9 Å². The average molecular weight is 475 g/mol. The lowest BCUT2D eigenvalue weighted by molar-refractivity contribution is -0.137. The zero-order chi connectivity index (χ0) is 23.6. The van der Waals surface area contributed by atoms with E-state index in [1.165, 1.54) is 28.6 Å². The number of fused-ring (bicyclic) bond motifs is 1. The zero-order valence-electron chi connectivity index (χ0n) is 17.3. The molecule has 2 N–H and O–H groups in total. The second-order valence-corrected chi connectivity index (χ2v) is 9.36. The number of rotatable bonds is 4. The lowest BCUT2D eigenvalue weighted by atomic mass is 10.0. The highest BCUT2D eigenvalue weighted by Crippen LogP contribution is 2.34. The minimum atomic E-state index is -4.52. The number of sulfonamides is 1. The highest BCUT2D eigenvalue weighted by molar-refractivity contribution is 7.92. The first-order valence-electron chi connectivity index (χ1n) is 10.1. The second-order valence-electron chi connectivity index (χ2n) is 7.49. The largest absolute Gasteiger partial charge is 0.416 e. The molecule has 0 bridgehead atoms. The van der Waals surface area contributed by atoms with Gasteiger partial charge in [0.2, 0.25) is 0 Å². The van der Waals surface area contributed by atoms with Crippen LogP contribution < -0.4 is 14.9 Å². The van der Waals surface area contributed by atoms with Crippen LogP contribution in [0.2, 0.25) is 0 Å². The number of benzene rings is 3. The Bertz CT molecular complexity index is 1280. The number of urea groups is 1. The van der Waals surface area contributed by atoms with Crippen LogP contribution in [0.5, 0.6) is 0 Å². The first kappa shape index (κ1) is 22.7. The Labute approximate surface area is 189 Å². The monoisotopic (exact) mass is 475 g/mol. The van der Waals surface area contributed by atoms with Crippen molar-refractivity contribution in [2.75, 3.05) is 21.5 Å². The predicted octanol–water partition coefficient (Wildman–Crippen LogP) is 5.49. The van der Waals surface area contributed by atoms with Crippen LogP contribution in [0, 0.1) is 0 Å². The van der Waals surface area contributed by atoms with Crippen LogP contribution in [0.3, 0.4) is 0 Å². The molecule has 0 aromatic heterocycles. The molecule has 0 aliphatic carbocycles. The van der Waals surface area contributed by atoms with Gasteiger partial charge in [0, 0.05) is 17.9 Å². The third-order valence-corrected chi connectivity index (χ3v) is 7.02. The summed E-state index contributed by atoms with van der Waals surface area (Å²) in [5, 5.41) is 4.97. The second kappa shape index (κ2) is 8.78. The normalized spacial score (nSPS) is 13.8. The quantitative estimate of drug-likeness (QED) is 0.524. The number of nitrogens with one attached hydrogen (secondary N) is 2. The number of alkyl halides is 3. The van der Waals surface area contributed by atoms with Gasteiger partial charge in [0.25, 0.3) is 10.0 Å². The highest BCUT2D eigenvalue weighted by Gasteiger charge is 2.31. The van der Waals surface area contributed by atoms with E-state index >= 15 is 0 Å². The van der Waals surface area contributed by atoms with E-state index in [0.717, 1.165) is 17.7 Å². The molecule has 0 saturated heterocycles. The van der Waals surface area contributed by atoms with Gasteiger partial charge in [-0.3, -0.25) is 4.31 Å². The van der Waals surface area contributed by atoms with Gasteiger partial charge < -0.3 is 10.6 Å². The highest BCUT2D eigenvalue weighted by atomic mass is 32.2. The minimum absolute atomic E-state index is 0.000384. The average Bonchev–Trinajstić information content (AvgIpc) is 2.78. The van der Waals surface area contributed by atoms with Crippen molar-refractivity contribution in [2.24, 2.45) is 0 Å². The van der Waals surface area contributed by atoms with Gasteiger partial charge in [-0.1, -0.05) is 24.3 Å². The fraction of sp³-hybridized carbons (Fsp3) is 0.174. The smallest absolute Gasteiger partial charge is 0.308 e. The molecule has 1 aliphatic heterocycles. The summed E-state index contributed by atoms with van der Waals surface area (Å²) in [5.74, 6) is 0. The van der Waals surface area contributed by atoms with Crippen molar-refractivity contribution >= 4 is 33.1 Å². The number of anilines is 3. The van der Waals surface area contributed by atoms with E-state index in [-0.39, 0.29) is 10.6 Å². The molecule has 172 valence electrons. The van der Waals surface area contributed by atoms with Gasteiger partial charge in [0.05, 0.1) is 16.1 Å². The van der Waals surface area contributed by atoms with Gasteiger partial charge in [-0.25, -0.2) is 13.2 Å². The van der Waals surface area contributed by atoms with Crippen LogP contribution in [0.1, 0.15) is 17.5 Å². The predicted molar refractivity (Wildman–Crippen MR) is 120 cm³/mol. The molecule has 0 radical (unpaired) electrons. The van der Waals surface area contributed by atoms with Gasteiger partial charge in [0.15, 0.2) is 0 Å². The fourth-order valence-corrected chi connectivity index (χ4v) is 5.24. The van der Waals surface area contributed by atoms with Gasteiger partial charge in [0.1, 0.15) is 0 Å². The summed E-state index contributed by atoms with van der Waals surface area (Å²) in [6, 6.07) is 16.6. The van der Waals surface area contributed by atoms with Gasteiger partial charge in [-0.15, -0.1) is 0 Å². The molecule has 0 atom stereocenters. The van der Waals surface area contributed by atoms with E-state index in [0.29, 0.717) is 30.8 Å². The Morgan fingerprint density at radius 3 is 2.27 bits per heavy atom. The molecule has 10 heteroatoms. The van der Waals surface area contributed by atoms with E-state index in [4.69, 9.17) is 0 Å². The molecule has 33 heavy (non-hydrogen) atoms. The molecule has 0 unspecified atom stereocenters. The SMILES string of the molecule is O=C(Nc1cccc(C(F)(F)F)c1)Nc1ccc2c(c1)CCCN2S(=O)(=O)c1ccccc1. The summed E-state index contributed by atoms with van der Waals surface area (Å²) >= 11 is 0. The number of aryl methyl sites for hydroxylation is 1. The molecule has 2 amide bonds. The summed E-state index contributed by atoms with van der Waals surface area (Å²) in [4.78, 5) is 12.5. The third-order valence-electron chi connectivity index (χ3n) is 5.19. The van der Waals surface area contributed by atoms with Crippen LogP contribution in [0.15, 0.2) is 77.7 Å². The third kappa shape index (κ3) is 4.95. The van der Waals surface area contributed by atoms with Gasteiger partial charge >= 0.3 is 12.2 Å². The molecule has 0 saturated carbocycles. The molecular weight excluding hydrogens is 455 g/mol. The Morgan fingerprint density at radius 1 is 0.879 bits per heavy atom. The van der Waals surface area contributed by atoms with Gasteiger partial charge in [-0.05, 0) is 66.9 Å². The van der Waals surface area contributed by atoms with E-state index in [9.17, 15) is 26.4 Å². The number of carbonyl (C=O) groups is 1. The lowest BCUT2D eigenvalue weighted by Gasteiger charge is -2.30. The topological polar surface area (TPSA) is 78.5 Å². The molecule has 1 aliphatic rings. The molecule has 3 aromatic carbocycles. The maximum absolute atomic E-state index is 13.1. The summed E-state index contributed by atoms with van der Waals surface area (Å²) in [7, 11) is -3.73. The molecule has 0 spiro atoms. The Hall–Kier alpha value is -3.53. The number of nitrogens with zero attached hydrogens (tertiary/aromatic N) is 1. The van der Waals surface area contributed by atoms with Crippen LogP contribution in [0.4, 0.5) is 35.0 Å². The van der Waals surface area contributed by atoms with Crippen molar-refractivity contribution in [3.05, 3.63) is 83.9 Å². The van der Waals surface area contributed by atoms with Gasteiger partial charge in [-0.2, -0.15) is 13.2 Å². The number of hydrogen-bond acceptors (Lipinski definition) is 3. The van der Waals surface area contributed by atoms with E-state index in [2.05, 4.69) is 10.6 Å². The van der Waals surface area contributed by atoms with Crippen LogP contribution in [0.25, 0.3) is 0 Å². The zero-order valence-corrected chi connectivity index (χ0v) is 18.1. The van der Waals surface area contributed by atoms with Crippen molar-refractivity contribution < 1.29 is 26.4 Å². The van der Waals surface area contributed by atoms with E-state index in [1.807, 2.05) is 0 Å². The summed E-state index contributed by atoms with van der Waals surface area (Å²) in [6.07, 6.45) is -3.28. The number of amides is 2. The molecule has 6 nitrogen and oxygen atoms in total. The van der Waals surface area contributed by atoms with Crippen molar-refractivity contribution in [3.8, 4) is 0 Å². The van der Waals surface area contributed by atoms with Crippen LogP contribution in [-0.4, -0.2) is 21.0 Å². The lowest BCUT2D eigenvalue weighted by Crippen LogP contribution is -2.35. The Morgan fingerprint density at radius 2 is 1.58 bits per heavy atom. The van der Waals surface area contributed by atoms with E-state index < -0.39 is 27.8 Å². The van der Waals surface area contributed by atoms with Crippen molar-refractivity contribution in [3.63, 3.8) is 0 Å². The van der Waals surface area contributed by atoms with Crippen LogP contribution in [-0.2, 0) is 22.6 Å². The standard InChI is InChI=1S/C23H20F3N3O3S/c24-23(25,26)17-7-4-8-18(15-17)27-22(30)28-19-11-12-21-16(14-19)6-5-13-29(21)33(31,32)20-9-2-1-3-10-20/h1-4,7-12,14-15H,5-6,13H2,(H2,27,28,30). The van der Waals surface area contributed by atoms with Crippen LogP contribution >= 0.6 is 0 Å². The summed E-state index contributed by atoms with van der Waals surface area (Å²) < 4.78 is 66.1. The summed E-state index contributed by atoms with van der Waals surface area (Å²) in [6.45, 7) is 0.340. The number of hydrogen-bond donors (Lipinski definition) is 2. The Kier molecular flexibility index (Phi) is 6.03. The summed E-state index contributed by atoms with van der Waals surface area (Å²) in [5.41, 5.74) is 0.818. The maximum atomic E-state index is 13.1. The van der Waals surface area contributed by atoms with Crippen molar-refractivity contribution in [1.29, 1.82) is 0 Å². The minimum Gasteiger partial charge on any atom is -0.308 e. The maximum Gasteiger partial charge on any atom is 0.416 e. The fourth-order valence-electron chi connectivity index (χ4n) is 3.68. The molecule has 3 aromatic rings. The van der Waals surface area contributed by atoms with E-state index in [1.54, 1.807) is 36.4 Å². The number of carbonyl (C=O) groups excluding carboxylic acids is 1. The molecular formula is C23H20F3N3O3S. The first-order chi connectivity index (χ1) is 15.6. The molecule has 4 rings (SSSR count). The first-order valence-corrected chi connectivity index (χ1v) is 11.5. The Balaban J connectivity index is 1.51. The number of halogens is 3. The molecule has 0 fully saturated rings. The molecule has 1 heterocycles.